The number of phenolic OH excluding ortho intramolecular Hbond substituents is 1. The Kier molecular flexibility index (Phi) is 3.52. The van der Waals surface area contributed by atoms with Crippen molar-refractivity contribution in [2.24, 2.45) is 0 Å². The van der Waals surface area contributed by atoms with Gasteiger partial charge in [0.25, 0.3) is 0 Å². The number of aromatic nitrogens is 2. The molecule has 3 rings (SSSR count). The van der Waals surface area contributed by atoms with E-state index in [0.29, 0.717) is 5.69 Å². The molecule has 1 aliphatic heterocycles. The number of methoxy groups -OCH3 is 1. The number of hydrogen-bond donors (Lipinski definition) is 1. The van der Waals surface area contributed by atoms with Gasteiger partial charge in [0.2, 0.25) is 0 Å². The summed E-state index contributed by atoms with van der Waals surface area (Å²) in [6, 6.07) is 9.21. The van der Waals surface area contributed by atoms with Gasteiger partial charge in [-0.2, -0.15) is 10.2 Å². The molecule has 0 spiro atoms. The molecule has 0 saturated carbocycles. The Bertz CT molecular complexity index is 589. The zero-order chi connectivity index (χ0) is 13.9. The zero-order valence-electron chi connectivity index (χ0n) is 11.4. The minimum absolute atomic E-state index is 0.226. The van der Waals surface area contributed by atoms with Crippen molar-refractivity contribution in [3.63, 3.8) is 0 Å². The molecule has 0 amide bonds. The monoisotopic (exact) mass is 271 g/mol. The van der Waals surface area contributed by atoms with Gasteiger partial charge >= 0.3 is 0 Å². The Labute approximate surface area is 117 Å². The van der Waals surface area contributed by atoms with Gasteiger partial charge < -0.3 is 14.7 Å². The average Bonchev–Trinajstić information content (AvgIpc) is 2.96. The molecule has 2 heterocycles. The van der Waals surface area contributed by atoms with Gasteiger partial charge in [-0.3, -0.25) is 0 Å². The summed E-state index contributed by atoms with van der Waals surface area (Å²) in [6.45, 7) is 1.74. The Balaban J connectivity index is 2.02. The molecule has 1 aromatic carbocycles. The molecule has 1 unspecified atom stereocenters. The second kappa shape index (κ2) is 5.46. The number of aromatic hydroxyl groups is 1. The van der Waals surface area contributed by atoms with Gasteiger partial charge in [0, 0.05) is 26.4 Å². The van der Waals surface area contributed by atoms with Crippen LogP contribution in [0.3, 0.4) is 0 Å². The van der Waals surface area contributed by atoms with Crippen molar-refractivity contribution in [2.45, 2.75) is 12.5 Å². The number of phenols is 1. The molecule has 5 heteroatoms. The van der Waals surface area contributed by atoms with Crippen LogP contribution in [0.25, 0.3) is 11.3 Å². The van der Waals surface area contributed by atoms with E-state index in [1.54, 1.807) is 19.4 Å². The fourth-order valence-corrected chi connectivity index (χ4v) is 2.63. The van der Waals surface area contributed by atoms with E-state index < -0.39 is 0 Å². The first kappa shape index (κ1) is 12.9. The fourth-order valence-electron chi connectivity index (χ4n) is 2.63. The maximum absolute atomic E-state index is 10.2. The quantitative estimate of drug-likeness (QED) is 0.926. The third kappa shape index (κ3) is 2.32. The fraction of sp³-hybridized carbons (Fsp3) is 0.333. The second-order valence-corrected chi connectivity index (χ2v) is 4.87. The van der Waals surface area contributed by atoms with E-state index in [4.69, 9.17) is 4.74 Å². The van der Waals surface area contributed by atoms with E-state index in [1.165, 1.54) is 0 Å². The maximum atomic E-state index is 10.2. The number of hydrogen-bond acceptors (Lipinski definition) is 5. The molecule has 0 aliphatic carbocycles. The van der Waals surface area contributed by atoms with Crippen molar-refractivity contribution in [2.75, 3.05) is 25.1 Å². The molecule has 1 N–H and O–H groups in total. The highest BCUT2D eigenvalue weighted by Crippen LogP contribution is 2.38. The first-order valence-corrected chi connectivity index (χ1v) is 6.67. The zero-order valence-corrected chi connectivity index (χ0v) is 11.4. The lowest BCUT2D eigenvalue weighted by Gasteiger charge is -2.22. The Morgan fingerprint density at radius 3 is 2.90 bits per heavy atom. The van der Waals surface area contributed by atoms with Crippen molar-refractivity contribution < 1.29 is 9.84 Å². The van der Waals surface area contributed by atoms with Crippen LogP contribution in [0, 0.1) is 0 Å². The summed E-state index contributed by atoms with van der Waals surface area (Å²) < 4.78 is 5.41. The predicted molar refractivity (Wildman–Crippen MR) is 76.8 cm³/mol. The Morgan fingerprint density at radius 2 is 2.20 bits per heavy atom. The summed E-state index contributed by atoms with van der Waals surface area (Å²) in [5.74, 6) is 0.226. The van der Waals surface area contributed by atoms with Crippen LogP contribution in [0.4, 0.5) is 5.69 Å². The van der Waals surface area contributed by atoms with E-state index in [0.717, 1.165) is 30.8 Å². The Hall–Kier alpha value is -2.14. The van der Waals surface area contributed by atoms with Gasteiger partial charge in [-0.1, -0.05) is 6.07 Å². The van der Waals surface area contributed by atoms with Crippen molar-refractivity contribution in [1.29, 1.82) is 0 Å². The summed E-state index contributed by atoms with van der Waals surface area (Å²) in [5, 5.41) is 18.2. The van der Waals surface area contributed by atoms with Gasteiger partial charge in [0.15, 0.2) is 0 Å². The number of rotatable bonds is 3. The minimum atomic E-state index is 0.226. The number of anilines is 1. The number of benzene rings is 1. The average molecular weight is 271 g/mol. The van der Waals surface area contributed by atoms with Crippen LogP contribution < -0.4 is 4.90 Å². The van der Waals surface area contributed by atoms with Crippen molar-refractivity contribution in [1.82, 2.24) is 10.2 Å². The van der Waals surface area contributed by atoms with Gasteiger partial charge in [-0.25, -0.2) is 0 Å². The van der Waals surface area contributed by atoms with Gasteiger partial charge in [0.1, 0.15) is 5.75 Å². The number of nitrogens with zero attached hydrogens (tertiary/aromatic N) is 3. The molecule has 104 valence electrons. The topological polar surface area (TPSA) is 58.5 Å². The van der Waals surface area contributed by atoms with Crippen LogP contribution in [-0.4, -0.2) is 41.6 Å². The van der Waals surface area contributed by atoms with Crippen LogP contribution in [0.1, 0.15) is 6.42 Å². The summed E-state index contributed by atoms with van der Waals surface area (Å²) in [5.41, 5.74) is 2.39. The second-order valence-electron chi connectivity index (χ2n) is 4.87. The predicted octanol–water partition coefficient (Wildman–Crippen LogP) is 2.07. The molecule has 2 aromatic rings. The normalized spacial score (nSPS) is 18.4. The highest BCUT2D eigenvalue weighted by atomic mass is 16.5. The third-order valence-electron chi connectivity index (χ3n) is 3.67. The van der Waals surface area contributed by atoms with E-state index in [9.17, 15) is 5.11 Å². The lowest BCUT2D eigenvalue weighted by Crippen LogP contribution is -2.22. The largest absolute Gasteiger partial charge is 0.507 e. The van der Waals surface area contributed by atoms with E-state index in [-0.39, 0.29) is 11.9 Å². The molecular formula is C15H17N3O2. The number of ether oxygens (including phenoxy) is 1. The molecule has 1 aromatic heterocycles. The summed E-state index contributed by atoms with van der Waals surface area (Å²) in [4.78, 5) is 2.22. The summed E-state index contributed by atoms with van der Waals surface area (Å²) in [7, 11) is 1.74. The molecule has 5 nitrogen and oxygen atoms in total. The van der Waals surface area contributed by atoms with Crippen molar-refractivity contribution in [3.8, 4) is 17.0 Å². The molecule has 1 fully saturated rings. The van der Waals surface area contributed by atoms with Crippen LogP contribution in [0.2, 0.25) is 0 Å². The summed E-state index contributed by atoms with van der Waals surface area (Å²) >= 11 is 0. The smallest absolute Gasteiger partial charge is 0.127 e. The van der Waals surface area contributed by atoms with E-state index >= 15 is 0 Å². The lowest BCUT2D eigenvalue weighted by molar-refractivity contribution is 0.121. The van der Waals surface area contributed by atoms with Crippen LogP contribution in [0.15, 0.2) is 36.5 Å². The highest BCUT2D eigenvalue weighted by Gasteiger charge is 2.25. The van der Waals surface area contributed by atoms with Gasteiger partial charge in [-0.15, -0.1) is 0 Å². The Morgan fingerprint density at radius 1 is 1.30 bits per heavy atom. The molecule has 0 bridgehead atoms. The standard InChI is InChI=1S/C15H17N3O2/c1-20-11-7-9-18(10-11)13-5-2-6-14(19)15(13)12-4-3-8-16-17-12/h2-6,8,11,19H,7,9-10H2,1H3. The molecular weight excluding hydrogens is 254 g/mol. The lowest BCUT2D eigenvalue weighted by atomic mass is 10.1. The first-order chi connectivity index (χ1) is 9.79. The van der Waals surface area contributed by atoms with E-state index in [1.807, 2.05) is 24.3 Å². The van der Waals surface area contributed by atoms with Crippen molar-refractivity contribution >= 4 is 5.69 Å². The molecule has 1 saturated heterocycles. The molecule has 1 aliphatic rings. The van der Waals surface area contributed by atoms with E-state index in [2.05, 4.69) is 15.1 Å². The van der Waals surface area contributed by atoms with Crippen LogP contribution in [-0.2, 0) is 4.74 Å². The molecule has 20 heavy (non-hydrogen) atoms. The summed E-state index contributed by atoms with van der Waals surface area (Å²) in [6.07, 6.45) is 2.86. The molecule has 0 radical (unpaired) electrons. The SMILES string of the molecule is COC1CCN(c2cccc(O)c2-c2cccnn2)C1. The van der Waals surface area contributed by atoms with Crippen LogP contribution >= 0.6 is 0 Å². The van der Waals surface area contributed by atoms with Gasteiger partial charge in [0.05, 0.1) is 23.0 Å². The molecule has 1 atom stereocenters. The highest BCUT2D eigenvalue weighted by molar-refractivity contribution is 5.81. The first-order valence-electron chi connectivity index (χ1n) is 6.67. The maximum Gasteiger partial charge on any atom is 0.127 e. The minimum Gasteiger partial charge on any atom is -0.507 e. The van der Waals surface area contributed by atoms with Gasteiger partial charge in [-0.05, 0) is 30.7 Å². The third-order valence-corrected chi connectivity index (χ3v) is 3.67. The van der Waals surface area contributed by atoms with Crippen molar-refractivity contribution in [3.05, 3.63) is 36.5 Å². The van der Waals surface area contributed by atoms with Crippen LogP contribution in [0.5, 0.6) is 5.75 Å².